The molecular weight excluding hydrogens is 219 g/mol. The highest BCUT2D eigenvalue weighted by molar-refractivity contribution is 4.82. The molecule has 1 fully saturated rings. The van der Waals surface area contributed by atoms with Gasteiger partial charge in [-0.1, -0.05) is 13.8 Å². The van der Waals surface area contributed by atoms with Gasteiger partial charge in [0.2, 0.25) is 0 Å². The molecule has 1 aliphatic rings. The van der Waals surface area contributed by atoms with Gasteiger partial charge in [0.1, 0.15) is 0 Å². The average molecular weight is 239 g/mol. The molecule has 4 unspecified atom stereocenters. The van der Waals surface area contributed by atoms with Crippen LogP contribution in [0.3, 0.4) is 0 Å². The zero-order valence-electron chi connectivity index (χ0n) is 9.72. The largest absolute Gasteiger partial charge is 0.415 e. The molecule has 0 aromatic rings. The third kappa shape index (κ3) is 3.94. The lowest BCUT2D eigenvalue weighted by atomic mass is 9.80. The minimum Gasteiger partial charge on any atom is -0.382 e. The second-order valence-corrected chi connectivity index (χ2v) is 4.97. The number of nitrogens with one attached hydrogen (secondary N) is 1. The fourth-order valence-corrected chi connectivity index (χ4v) is 2.35. The highest BCUT2D eigenvalue weighted by Crippen LogP contribution is 2.29. The molecule has 0 heterocycles. The third-order valence-electron chi connectivity index (χ3n) is 3.38. The van der Waals surface area contributed by atoms with Crippen LogP contribution in [-0.4, -0.2) is 30.0 Å². The number of aliphatic hydroxyl groups excluding tert-OH is 1. The predicted octanol–water partition coefficient (Wildman–Crippen LogP) is 2.32. The van der Waals surface area contributed by atoms with Gasteiger partial charge in [-0.3, -0.25) is 0 Å². The summed E-state index contributed by atoms with van der Waals surface area (Å²) in [6, 6.07) is 0.105. The summed E-state index contributed by atoms with van der Waals surface area (Å²) in [7, 11) is 0. The number of hydrogen-bond donors (Lipinski definition) is 2. The van der Waals surface area contributed by atoms with E-state index in [9.17, 15) is 13.2 Å². The minimum absolute atomic E-state index is 0.105. The molecule has 2 nitrogen and oxygen atoms in total. The van der Waals surface area contributed by atoms with E-state index in [0.717, 1.165) is 19.3 Å². The van der Waals surface area contributed by atoms with Crippen LogP contribution in [0.15, 0.2) is 0 Å². The first-order chi connectivity index (χ1) is 7.30. The Morgan fingerprint density at radius 3 is 2.44 bits per heavy atom. The van der Waals surface area contributed by atoms with Crippen molar-refractivity contribution in [3.05, 3.63) is 0 Å². The Kier molecular flexibility index (Phi) is 4.62. The van der Waals surface area contributed by atoms with Crippen molar-refractivity contribution in [2.24, 2.45) is 11.8 Å². The molecule has 96 valence electrons. The molecule has 0 spiro atoms. The molecule has 1 saturated carbocycles. The Bertz CT molecular complexity index is 220. The van der Waals surface area contributed by atoms with Crippen molar-refractivity contribution >= 4 is 0 Å². The smallest absolute Gasteiger partial charge is 0.382 e. The normalized spacial score (nSPS) is 33.8. The maximum atomic E-state index is 12.1. The predicted molar refractivity (Wildman–Crippen MR) is 56.0 cm³/mol. The van der Waals surface area contributed by atoms with E-state index in [-0.39, 0.29) is 6.04 Å². The second-order valence-electron chi connectivity index (χ2n) is 4.97. The van der Waals surface area contributed by atoms with Crippen LogP contribution in [0.25, 0.3) is 0 Å². The van der Waals surface area contributed by atoms with Crippen molar-refractivity contribution < 1.29 is 18.3 Å². The SMILES string of the molecule is CC1CCC(NCC(O)C(F)(F)F)C(C)C1. The van der Waals surface area contributed by atoms with E-state index in [2.05, 4.69) is 12.2 Å². The maximum Gasteiger partial charge on any atom is 0.415 e. The highest BCUT2D eigenvalue weighted by atomic mass is 19.4. The molecule has 0 aromatic carbocycles. The third-order valence-corrected chi connectivity index (χ3v) is 3.38. The van der Waals surface area contributed by atoms with E-state index in [0.29, 0.717) is 11.8 Å². The summed E-state index contributed by atoms with van der Waals surface area (Å²) in [4.78, 5) is 0. The molecule has 0 aliphatic heterocycles. The summed E-state index contributed by atoms with van der Waals surface area (Å²) in [5.41, 5.74) is 0. The van der Waals surface area contributed by atoms with E-state index in [1.54, 1.807) is 0 Å². The van der Waals surface area contributed by atoms with Crippen molar-refractivity contribution in [3.8, 4) is 0 Å². The molecule has 1 aliphatic carbocycles. The molecule has 0 amide bonds. The van der Waals surface area contributed by atoms with E-state index in [1.165, 1.54) is 0 Å². The second kappa shape index (κ2) is 5.36. The summed E-state index contributed by atoms with van der Waals surface area (Å²) in [6.45, 7) is 3.82. The quantitative estimate of drug-likeness (QED) is 0.792. The number of aliphatic hydroxyl groups is 1. The molecule has 0 radical (unpaired) electrons. The van der Waals surface area contributed by atoms with Gasteiger partial charge >= 0.3 is 6.18 Å². The zero-order chi connectivity index (χ0) is 12.3. The zero-order valence-corrected chi connectivity index (χ0v) is 9.72. The van der Waals surface area contributed by atoms with Crippen LogP contribution in [0.4, 0.5) is 13.2 Å². The van der Waals surface area contributed by atoms with E-state index < -0.39 is 18.8 Å². The van der Waals surface area contributed by atoms with Gasteiger partial charge < -0.3 is 10.4 Å². The van der Waals surface area contributed by atoms with E-state index >= 15 is 0 Å². The Hall–Kier alpha value is -0.290. The Morgan fingerprint density at radius 2 is 1.94 bits per heavy atom. The number of halogens is 3. The summed E-state index contributed by atoms with van der Waals surface area (Å²) in [6.07, 6.45) is -3.78. The van der Waals surface area contributed by atoms with Crippen LogP contribution in [0.2, 0.25) is 0 Å². The van der Waals surface area contributed by atoms with Gasteiger partial charge in [-0.15, -0.1) is 0 Å². The number of alkyl halides is 3. The van der Waals surface area contributed by atoms with Crippen molar-refractivity contribution in [2.45, 2.75) is 51.4 Å². The van der Waals surface area contributed by atoms with Crippen LogP contribution in [0.5, 0.6) is 0 Å². The van der Waals surface area contributed by atoms with Gasteiger partial charge in [-0.05, 0) is 31.1 Å². The van der Waals surface area contributed by atoms with Gasteiger partial charge in [0.25, 0.3) is 0 Å². The minimum atomic E-state index is -4.52. The van der Waals surface area contributed by atoms with Gasteiger partial charge in [0.05, 0.1) is 0 Å². The number of hydrogen-bond acceptors (Lipinski definition) is 2. The highest BCUT2D eigenvalue weighted by Gasteiger charge is 2.38. The van der Waals surface area contributed by atoms with Gasteiger partial charge in [-0.2, -0.15) is 13.2 Å². The first kappa shape index (κ1) is 13.8. The van der Waals surface area contributed by atoms with Crippen molar-refractivity contribution in [1.82, 2.24) is 5.32 Å². The van der Waals surface area contributed by atoms with E-state index in [1.807, 2.05) is 6.92 Å². The fourth-order valence-electron chi connectivity index (χ4n) is 2.35. The summed E-state index contributed by atoms with van der Waals surface area (Å²) in [5.74, 6) is 1.03. The van der Waals surface area contributed by atoms with Crippen LogP contribution in [-0.2, 0) is 0 Å². The van der Waals surface area contributed by atoms with Crippen LogP contribution in [0.1, 0.15) is 33.1 Å². The summed E-state index contributed by atoms with van der Waals surface area (Å²) >= 11 is 0. The molecule has 1 rings (SSSR count). The van der Waals surface area contributed by atoms with Crippen molar-refractivity contribution in [3.63, 3.8) is 0 Å². The van der Waals surface area contributed by atoms with Crippen LogP contribution < -0.4 is 5.32 Å². The van der Waals surface area contributed by atoms with Gasteiger partial charge in [-0.25, -0.2) is 0 Å². The summed E-state index contributed by atoms with van der Waals surface area (Å²) < 4.78 is 36.2. The summed E-state index contributed by atoms with van der Waals surface area (Å²) in [5, 5.41) is 11.7. The average Bonchev–Trinajstić information content (AvgIpc) is 2.14. The molecule has 5 heteroatoms. The lowest BCUT2D eigenvalue weighted by molar-refractivity contribution is -0.202. The van der Waals surface area contributed by atoms with Crippen molar-refractivity contribution in [2.75, 3.05) is 6.54 Å². The van der Waals surface area contributed by atoms with Gasteiger partial charge in [0, 0.05) is 12.6 Å². The Morgan fingerprint density at radius 1 is 1.31 bits per heavy atom. The van der Waals surface area contributed by atoms with Crippen molar-refractivity contribution in [1.29, 1.82) is 0 Å². The molecular formula is C11H20F3NO. The maximum absolute atomic E-state index is 12.1. The topological polar surface area (TPSA) is 32.3 Å². The first-order valence-electron chi connectivity index (χ1n) is 5.79. The molecule has 16 heavy (non-hydrogen) atoms. The molecule has 2 N–H and O–H groups in total. The molecule has 0 bridgehead atoms. The monoisotopic (exact) mass is 239 g/mol. The van der Waals surface area contributed by atoms with E-state index in [4.69, 9.17) is 5.11 Å². The molecule has 4 atom stereocenters. The molecule has 0 aromatic heterocycles. The van der Waals surface area contributed by atoms with Crippen LogP contribution in [0, 0.1) is 11.8 Å². The van der Waals surface area contributed by atoms with Gasteiger partial charge in [0.15, 0.2) is 6.10 Å². The Labute approximate surface area is 94.2 Å². The molecule has 0 saturated heterocycles. The number of rotatable bonds is 3. The standard InChI is InChI=1S/C11H20F3NO/c1-7-3-4-9(8(2)5-7)15-6-10(16)11(12,13)14/h7-10,15-16H,3-6H2,1-2H3. The lowest BCUT2D eigenvalue weighted by Gasteiger charge is -2.34. The van der Waals surface area contributed by atoms with Crippen LogP contribution >= 0.6 is 0 Å². The lowest BCUT2D eigenvalue weighted by Crippen LogP contribution is -2.46. The fraction of sp³-hybridized carbons (Fsp3) is 1.00. The first-order valence-corrected chi connectivity index (χ1v) is 5.79. The Balaban J connectivity index is 2.33.